The zero-order valence-electron chi connectivity index (χ0n) is 3.07. The molecule has 0 radical (unpaired) electrons. The van der Waals surface area contributed by atoms with E-state index in [1.165, 1.54) is 0 Å². The molecule has 1 aliphatic rings. The lowest BCUT2D eigenvalue weighted by Gasteiger charge is -1.77. The highest BCUT2D eigenvalue weighted by atomic mass is 32.1. The third-order valence-electron chi connectivity index (χ3n) is 0.505. The molecule has 0 N–H and O–H groups in total. The van der Waals surface area contributed by atoms with Gasteiger partial charge in [-0.05, 0) is 0 Å². The summed E-state index contributed by atoms with van der Waals surface area (Å²) in [6, 6.07) is 0. The predicted molar refractivity (Wildman–Crippen MR) is 29.8 cm³/mol. The minimum absolute atomic E-state index is 0.157. The second-order valence-electron chi connectivity index (χ2n) is 1.02. The van der Waals surface area contributed by atoms with E-state index in [1.54, 1.807) is 12.4 Å². The zero-order chi connectivity index (χ0) is 4.41. The van der Waals surface area contributed by atoms with Crippen LogP contribution < -0.4 is 0 Å². The summed E-state index contributed by atoms with van der Waals surface area (Å²) in [6.07, 6.45) is 3.34. The van der Waals surface area contributed by atoms with Crippen molar-refractivity contribution in [3.8, 4) is 0 Å². The van der Waals surface area contributed by atoms with Gasteiger partial charge in [0.2, 0.25) is 0 Å². The summed E-state index contributed by atoms with van der Waals surface area (Å²) in [5, 5.41) is 7.22. The molecule has 0 aromatic rings. The first-order valence-electron chi connectivity index (χ1n) is 1.64. The number of hydrogen-bond donors (Lipinski definition) is 1. The average Bonchev–Trinajstić information content (AvgIpc) is 1.86. The van der Waals surface area contributed by atoms with E-state index in [9.17, 15) is 0 Å². The van der Waals surface area contributed by atoms with Crippen LogP contribution in [0.4, 0.5) is 0 Å². The molecule has 1 heterocycles. The van der Waals surface area contributed by atoms with Crippen molar-refractivity contribution in [2.45, 2.75) is 5.25 Å². The fraction of sp³-hybridized carbons (Fsp3) is 0.333. The van der Waals surface area contributed by atoms with Crippen molar-refractivity contribution in [2.75, 3.05) is 0 Å². The molecule has 3 heteroatoms. The highest BCUT2D eigenvalue weighted by Gasteiger charge is 1.94. The van der Waals surface area contributed by atoms with E-state index < -0.39 is 0 Å². The van der Waals surface area contributed by atoms with E-state index in [0.29, 0.717) is 0 Å². The van der Waals surface area contributed by atoms with Crippen LogP contribution in [0.25, 0.3) is 0 Å². The lowest BCUT2D eigenvalue weighted by molar-refractivity contribution is 1.29. The molecular weight excluding hydrogens is 96.1 g/mol. The molecule has 0 bridgehead atoms. The van der Waals surface area contributed by atoms with Crippen molar-refractivity contribution in [3.05, 3.63) is 0 Å². The Hall–Kier alpha value is -0.310. The monoisotopic (exact) mass is 100 g/mol. The molecule has 0 fully saturated rings. The Labute approximate surface area is 41.4 Å². The van der Waals surface area contributed by atoms with Crippen LogP contribution in [0.1, 0.15) is 0 Å². The molecule has 1 rings (SSSR count). The Morgan fingerprint density at radius 1 is 1.33 bits per heavy atom. The first kappa shape index (κ1) is 3.87. The molecule has 0 unspecified atom stereocenters. The Kier molecular flexibility index (Phi) is 0.919. The van der Waals surface area contributed by atoms with Crippen molar-refractivity contribution in [2.24, 2.45) is 10.2 Å². The molecule has 0 atom stereocenters. The summed E-state index contributed by atoms with van der Waals surface area (Å²) in [5.74, 6) is 0. The van der Waals surface area contributed by atoms with Gasteiger partial charge < -0.3 is 0 Å². The van der Waals surface area contributed by atoms with Gasteiger partial charge in [0, 0.05) is 12.4 Å². The molecular formula is C3H4N2S. The quantitative estimate of drug-likeness (QED) is 0.425. The van der Waals surface area contributed by atoms with E-state index >= 15 is 0 Å². The van der Waals surface area contributed by atoms with Gasteiger partial charge in [0.25, 0.3) is 0 Å². The topological polar surface area (TPSA) is 24.7 Å². The second kappa shape index (κ2) is 1.43. The molecule has 0 aliphatic carbocycles. The maximum absolute atomic E-state index is 3.99. The van der Waals surface area contributed by atoms with Gasteiger partial charge in [-0.15, -0.1) is 0 Å². The lowest BCUT2D eigenvalue weighted by Crippen LogP contribution is -1.93. The van der Waals surface area contributed by atoms with Crippen LogP contribution in [0.5, 0.6) is 0 Å². The summed E-state index contributed by atoms with van der Waals surface area (Å²) < 4.78 is 0. The van der Waals surface area contributed by atoms with Crippen molar-refractivity contribution in [1.29, 1.82) is 0 Å². The Bertz CT molecular complexity index is 85.0. The summed E-state index contributed by atoms with van der Waals surface area (Å²) in [7, 11) is 0. The van der Waals surface area contributed by atoms with Crippen molar-refractivity contribution >= 4 is 25.1 Å². The normalized spacial score (nSPS) is 20.2. The first-order valence-corrected chi connectivity index (χ1v) is 2.16. The standard InChI is InChI=1S/C3H4N2S/c6-3-1-4-5-2-3/h1-3,6H. The highest BCUT2D eigenvalue weighted by molar-refractivity contribution is 7.82. The zero-order valence-corrected chi connectivity index (χ0v) is 3.97. The molecule has 1 aliphatic heterocycles. The summed E-state index contributed by atoms with van der Waals surface area (Å²) in [5.41, 5.74) is 0. The van der Waals surface area contributed by atoms with Gasteiger partial charge in [-0.25, -0.2) is 0 Å². The largest absolute Gasteiger partial charge is 0.164 e. The fourth-order valence-corrected chi connectivity index (χ4v) is 0.371. The molecule has 0 aromatic heterocycles. The first-order chi connectivity index (χ1) is 2.89. The molecule has 0 amide bonds. The second-order valence-corrected chi connectivity index (χ2v) is 1.62. The third-order valence-corrected chi connectivity index (χ3v) is 0.772. The number of nitrogens with zero attached hydrogens (tertiary/aromatic N) is 2. The van der Waals surface area contributed by atoms with Crippen LogP contribution >= 0.6 is 12.6 Å². The SMILES string of the molecule is SC1C=NN=C1. The molecule has 0 aromatic carbocycles. The number of rotatable bonds is 0. The van der Waals surface area contributed by atoms with E-state index in [1.807, 2.05) is 0 Å². The predicted octanol–water partition coefficient (Wildman–Crippen LogP) is 0.355. The minimum atomic E-state index is 0.157. The summed E-state index contributed by atoms with van der Waals surface area (Å²) in [6.45, 7) is 0. The van der Waals surface area contributed by atoms with Crippen LogP contribution in [0.3, 0.4) is 0 Å². The minimum Gasteiger partial charge on any atom is -0.164 e. The van der Waals surface area contributed by atoms with Gasteiger partial charge in [0.05, 0.1) is 5.25 Å². The Morgan fingerprint density at radius 2 is 1.83 bits per heavy atom. The summed E-state index contributed by atoms with van der Waals surface area (Å²) in [4.78, 5) is 0. The smallest absolute Gasteiger partial charge is 0.0759 e. The average molecular weight is 100 g/mol. The molecule has 0 spiro atoms. The van der Waals surface area contributed by atoms with Gasteiger partial charge in [-0.2, -0.15) is 22.8 Å². The van der Waals surface area contributed by atoms with Gasteiger partial charge in [-0.1, -0.05) is 0 Å². The van der Waals surface area contributed by atoms with E-state index in [2.05, 4.69) is 22.8 Å². The molecule has 0 saturated carbocycles. The summed E-state index contributed by atoms with van der Waals surface area (Å²) >= 11 is 3.99. The Balaban J connectivity index is 2.60. The molecule has 6 heavy (non-hydrogen) atoms. The van der Waals surface area contributed by atoms with Crippen LogP contribution in [-0.4, -0.2) is 17.7 Å². The van der Waals surface area contributed by atoms with E-state index in [4.69, 9.17) is 0 Å². The van der Waals surface area contributed by atoms with Crippen molar-refractivity contribution in [3.63, 3.8) is 0 Å². The van der Waals surface area contributed by atoms with Gasteiger partial charge in [0.15, 0.2) is 0 Å². The van der Waals surface area contributed by atoms with E-state index in [0.717, 1.165) is 0 Å². The molecule has 0 saturated heterocycles. The maximum atomic E-state index is 3.99. The number of hydrogen-bond acceptors (Lipinski definition) is 3. The fourth-order valence-electron chi connectivity index (χ4n) is 0.252. The molecule has 2 nitrogen and oxygen atoms in total. The van der Waals surface area contributed by atoms with Crippen LogP contribution in [0, 0.1) is 0 Å². The Morgan fingerprint density at radius 3 is 2.00 bits per heavy atom. The van der Waals surface area contributed by atoms with Crippen LogP contribution in [-0.2, 0) is 0 Å². The third kappa shape index (κ3) is 0.597. The van der Waals surface area contributed by atoms with Crippen molar-refractivity contribution in [1.82, 2.24) is 0 Å². The molecule has 32 valence electrons. The van der Waals surface area contributed by atoms with Crippen LogP contribution in [0.2, 0.25) is 0 Å². The van der Waals surface area contributed by atoms with Gasteiger partial charge >= 0.3 is 0 Å². The lowest BCUT2D eigenvalue weighted by atomic mass is 10.5. The van der Waals surface area contributed by atoms with Crippen molar-refractivity contribution < 1.29 is 0 Å². The van der Waals surface area contributed by atoms with E-state index in [-0.39, 0.29) is 5.25 Å². The highest BCUT2D eigenvalue weighted by Crippen LogP contribution is 1.92. The van der Waals surface area contributed by atoms with Crippen LogP contribution in [0.15, 0.2) is 10.2 Å². The van der Waals surface area contributed by atoms with Gasteiger partial charge in [-0.3, -0.25) is 0 Å². The number of thiol groups is 1. The maximum Gasteiger partial charge on any atom is 0.0759 e. The van der Waals surface area contributed by atoms with Gasteiger partial charge in [0.1, 0.15) is 0 Å².